The van der Waals surface area contributed by atoms with Gasteiger partial charge in [0.05, 0.1) is 5.69 Å². The highest BCUT2D eigenvalue weighted by Crippen LogP contribution is 2.21. The molecule has 0 radical (unpaired) electrons. The summed E-state index contributed by atoms with van der Waals surface area (Å²) in [5, 5.41) is 3.62. The minimum Gasteiger partial charge on any atom is -0.442 e. The van der Waals surface area contributed by atoms with Crippen LogP contribution in [-0.4, -0.2) is 22.8 Å². The molecule has 0 saturated heterocycles. The lowest BCUT2D eigenvalue weighted by Gasteiger charge is -2.02. The van der Waals surface area contributed by atoms with Gasteiger partial charge in [-0.25, -0.2) is 15.0 Å². The van der Waals surface area contributed by atoms with Crippen LogP contribution in [0.25, 0.3) is 0 Å². The standard InChI is InChI=1S/C18H14N4O3/c1-2-5-16(6-3-1)23-14-22-24-13-21-15-7-9-17(10-8-15)25-18-19-11-4-12-20-18/h1-14H/b21-13+,22-14+. The molecule has 0 bridgehead atoms. The van der Waals surface area contributed by atoms with Gasteiger partial charge in [-0.15, -0.1) is 0 Å². The van der Waals surface area contributed by atoms with Gasteiger partial charge in [0.25, 0.3) is 0 Å². The maximum atomic E-state index is 5.49. The van der Waals surface area contributed by atoms with E-state index in [0.717, 1.165) is 0 Å². The van der Waals surface area contributed by atoms with Gasteiger partial charge < -0.3 is 14.3 Å². The number of rotatable bonds is 7. The van der Waals surface area contributed by atoms with Crippen LogP contribution >= 0.6 is 0 Å². The van der Waals surface area contributed by atoms with Crippen molar-refractivity contribution in [2.75, 3.05) is 0 Å². The largest absolute Gasteiger partial charge is 0.442 e. The summed E-state index contributed by atoms with van der Waals surface area (Å²) >= 11 is 0. The summed E-state index contributed by atoms with van der Waals surface area (Å²) in [4.78, 5) is 17.0. The fourth-order valence-corrected chi connectivity index (χ4v) is 1.76. The van der Waals surface area contributed by atoms with Crippen molar-refractivity contribution in [1.82, 2.24) is 9.97 Å². The quantitative estimate of drug-likeness (QED) is 0.371. The van der Waals surface area contributed by atoms with Gasteiger partial charge in [-0.05, 0) is 47.6 Å². The number of nitrogens with zero attached hydrogens (tertiary/aromatic N) is 4. The van der Waals surface area contributed by atoms with Crippen molar-refractivity contribution in [3.05, 3.63) is 73.1 Å². The van der Waals surface area contributed by atoms with E-state index in [4.69, 9.17) is 14.3 Å². The van der Waals surface area contributed by atoms with E-state index in [2.05, 4.69) is 20.1 Å². The fraction of sp³-hybridized carbons (Fsp3) is 0. The van der Waals surface area contributed by atoms with Crippen molar-refractivity contribution in [1.29, 1.82) is 0 Å². The Balaban J connectivity index is 1.45. The van der Waals surface area contributed by atoms with E-state index in [1.165, 1.54) is 12.8 Å². The van der Waals surface area contributed by atoms with Crippen LogP contribution in [0.15, 0.2) is 83.2 Å². The van der Waals surface area contributed by atoms with Crippen molar-refractivity contribution >= 4 is 18.5 Å². The predicted octanol–water partition coefficient (Wildman–Crippen LogP) is 3.97. The third kappa shape index (κ3) is 5.43. The third-order valence-electron chi connectivity index (χ3n) is 2.87. The number of benzene rings is 2. The summed E-state index contributed by atoms with van der Waals surface area (Å²) in [6.07, 6.45) is 5.62. The van der Waals surface area contributed by atoms with E-state index in [1.807, 2.05) is 30.3 Å². The average molecular weight is 334 g/mol. The van der Waals surface area contributed by atoms with Crippen LogP contribution in [0.4, 0.5) is 5.69 Å². The van der Waals surface area contributed by atoms with Crippen molar-refractivity contribution in [2.45, 2.75) is 0 Å². The molecule has 0 atom stereocenters. The first kappa shape index (κ1) is 16.1. The van der Waals surface area contributed by atoms with E-state index in [-0.39, 0.29) is 6.01 Å². The van der Waals surface area contributed by atoms with E-state index in [9.17, 15) is 0 Å². The lowest BCUT2D eigenvalue weighted by molar-refractivity contribution is 0.335. The second-order valence-corrected chi connectivity index (χ2v) is 4.61. The Bertz CT molecular complexity index is 822. The predicted molar refractivity (Wildman–Crippen MR) is 93.3 cm³/mol. The highest BCUT2D eigenvalue weighted by molar-refractivity contribution is 5.58. The highest BCUT2D eigenvalue weighted by atomic mass is 16.6. The van der Waals surface area contributed by atoms with Crippen LogP contribution in [0.3, 0.4) is 0 Å². The summed E-state index contributed by atoms with van der Waals surface area (Å²) in [7, 11) is 0. The number of oxime groups is 1. The Hall–Kier alpha value is -3.74. The second kappa shape index (κ2) is 8.78. The Kier molecular flexibility index (Phi) is 5.66. The molecule has 0 aliphatic heterocycles. The number of para-hydroxylation sites is 1. The molecule has 0 aliphatic carbocycles. The lowest BCUT2D eigenvalue weighted by Crippen LogP contribution is -1.90. The monoisotopic (exact) mass is 334 g/mol. The molecule has 0 fully saturated rings. The molecule has 3 rings (SSSR count). The molecule has 0 aliphatic rings. The van der Waals surface area contributed by atoms with Gasteiger partial charge in [0.15, 0.2) is 0 Å². The van der Waals surface area contributed by atoms with Gasteiger partial charge in [0.2, 0.25) is 12.8 Å². The van der Waals surface area contributed by atoms with Crippen molar-refractivity contribution in [3.8, 4) is 17.5 Å². The van der Waals surface area contributed by atoms with Gasteiger partial charge in [-0.3, -0.25) is 0 Å². The van der Waals surface area contributed by atoms with Gasteiger partial charge in [0.1, 0.15) is 11.5 Å². The zero-order valence-electron chi connectivity index (χ0n) is 13.1. The van der Waals surface area contributed by atoms with Crippen molar-refractivity contribution < 1.29 is 14.3 Å². The summed E-state index contributed by atoms with van der Waals surface area (Å²) < 4.78 is 10.7. The minimum absolute atomic E-state index is 0.287. The fourth-order valence-electron chi connectivity index (χ4n) is 1.76. The number of ether oxygens (including phenoxy) is 2. The summed E-state index contributed by atoms with van der Waals surface area (Å²) in [6, 6.07) is 18.3. The van der Waals surface area contributed by atoms with Crippen LogP contribution < -0.4 is 9.47 Å². The van der Waals surface area contributed by atoms with Gasteiger partial charge in [-0.2, -0.15) is 0 Å². The van der Waals surface area contributed by atoms with Crippen molar-refractivity contribution in [2.24, 2.45) is 10.1 Å². The Morgan fingerprint density at radius 3 is 2.28 bits per heavy atom. The Morgan fingerprint density at radius 2 is 1.52 bits per heavy atom. The van der Waals surface area contributed by atoms with E-state index in [0.29, 0.717) is 17.2 Å². The smallest absolute Gasteiger partial charge is 0.321 e. The van der Waals surface area contributed by atoms with Crippen molar-refractivity contribution in [3.63, 3.8) is 0 Å². The average Bonchev–Trinajstić information content (AvgIpc) is 2.67. The maximum absolute atomic E-state index is 5.49. The zero-order chi connectivity index (χ0) is 17.2. The van der Waals surface area contributed by atoms with Gasteiger partial charge >= 0.3 is 6.01 Å². The summed E-state index contributed by atoms with van der Waals surface area (Å²) in [5.74, 6) is 1.28. The van der Waals surface area contributed by atoms with E-state index < -0.39 is 0 Å². The summed E-state index contributed by atoms with van der Waals surface area (Å²) in [6.45, 7) is 0. The normalized spacial score (nSPS) is 10.9. The molecule has 7 nitrogen and oxygen atoms in total. The molecule has 1 heterocycles. The van der Waals surface area contributed by atoms with Crippen LogP contribution in [0.5, 0.6) is 17.5 Å². The summed E-state index contributed by atoms with van der Waals surface area (Å²) in [5.41, 5.74) is 0.681. The molecule has 7 heteroatoms. The van der Waals surface area contributed by atoms with Gasteiger partial charge in [0, 0.05) is 12.4 Å². The molecule has 25 heavy (non-hydrogen) atoms. The first-order valence-electron chi connectivity index (χ1n) is 7.37. The van der Waals surface area contributed by atoms with Crippen LogP contribution in [0, 0.1) is 0 Å². The molecular formula is C18H14N4O3. The molecular weight excluding hydrogens is 320 g/mol. The molecule has 0 saturated carbocycles. The second-order valence-electron chi connectivity index (χ2n) is 4.61. The van der Waals surface area contributed by atoms with Gasteiger partial charge in [-0.1, -0.05) is 18.2 Å². The molecule has 0 amide bonds. The number of aliphatic imine (C=N–C) groups is 1. The molecule has 3 aromatic rings. The Morgan fingerprint density at radius 1 is 0.760 bits per heavy atom. The number of aromatic nitrogens is 2. The zero-order valence-corrected chi connectivity index (χ0v) is 13.1. The number of hydrogen-bond acceptors (Lipinski definition) is 7. The van der Waals surface area contributed by atoms with Crippen LogP contribution in [-0.2, 0) is 4.84 Å². The minimum atomic E-state index is 0.287. The molecule has 0 N–H and O–H groups in total. The topological polar surface area (TPSA) is 78.2 Å². The lowest BCUT2D eigenvalue weighted by atomic mass is 10.3. The number of hydrogen-bond donors (Lipinski definition) is 0. The molecule has 124 valence electrons. The molecule has 1 aromatic heterocycles. The van der Waals surface area contributed by atoms with Crippen LogP contribution in [0.1, 0.15) is 0 Å². The van der Waals surface area contributed by atoms with E-state index >= 15 is 0 Å². The van der Waals surface area contributed by atoms with E-state index in [1.54, 1.807) is 42.7 Å². The molecule has 0 unspecified atom stereocenters. The maximum Gasteiger partial charge on any atom is 0.321 e. The first-order valence-corrected chi connectivity index (χ1v) is 7.37. The highest BCUT2D eigenvalue weighted by Gasteiger charge is 1.98. The SMILES string of the molecule is C(=N\O/C=N/c1ccc(Oc2ncccn2)cc1)/Oc1ccccc1. The van der Waals surface area contributed by atoms with Crippen LogP contribution in [0.2, 0.25) is 0 Å². The first-order chi connectivity index (χ1) is 12.4. The third-order valence-corrected chi connectivity index (χ3v) is 2.87. The molecule has 0 spiro atoms. The molecule has 2 aromatic carbocycles. The Labute approximate surface area is 144 Å².